The number of aliphatic imine (C=N–C) groups is 1. The van der Waals surface area contributed by atoms with E-state index in [0.29, 0.717) is 21.8 Å². The summed E-state index contributed by atoms with van der Waals surface area (Å²) in [6.07, 6.45) is 0.705. The van der Waals surface area contributed by atoms with Gasteiger partial charge in [-0.1, -0.05) is 41.9 Å². The number of rotatable bonds is 6. The molecule has 11 heteroatoms. The van der Waals surface area contributed by atoms with Crippen LogP contribution in [-0.2, 0) is 21.3 Å². The van der Waals surface area contributed by atoms with E-state index in [4.69, 9.17) is 16.3 Å². The topological polar surface area (TPSA) is 110 Å². The van der Waals surface area contributed by atoms with Gasteiger partial charge in [-0.2, -0.15) is 0 Å². The van der Waals surface area contributed by atoms with Crippen LogP contribution < -0.4 is 10.0 Å². The number of nitrogens with zero attached hydrogens (tertiary/aromatic N) is 2. The zero-order valence-electron chi connectivity index (χ0n) is 22.6. The SMILES string of the molecule is CC(C)(C)OC(=O)NC(=NCc1cnc(-c2ccc(F)cc2)c(-c2ccc(Cl)cc2)c1)NS(=O)(=O)c1ccccc1. The maximum absolute atomic E-state index is 13.6. The summed E-state index contributed by atoms with van der Waals surface area (Å²) in [5.41, 5.74) is 2.65. The van der Waals surface area contributed by atoms with Gasteiger partial charge in [-0.15, -0.1) is 0 Å². The number of carbonyl (C=O) groups excluding carboxylic acids is 1. The summed E-state index contributed by atoms with van der Waals surface area (Å²) in [5.74, 6) is -0.686. The second kappa shape index (κ2) is 12.5. The van der Waals surface area contributed by atoms with Gasteiger partial charge in [0, 0.05) is 22.3 Å². The van der Waals surface area contributed by atoms with Crippen LogP contribution in [0.3, 0.4) is 0 Å². The van der Waals surface area contributed by atoms with Crippen molar-refractivity contribution in [1.82, 2.24) is 15.0 Å². The van der Waals surface area contributed by atoms with Gasteiger partial charge in [-0.05, 0) is 86.5 Å². The van der Waals surface area contributed by atoms with Gasteiger partial charge in [-0.3, -0.25) is 10.3 Å². The Morgan fingerprint density at radius 2 is 1.61 bits per heavy atom. The summed E-state index contributed by atoms with van der Waals surface area (Å²) in [6, 6.07) is 22.7. The highest BCUT2D eigenvalue weighted by Gasteiger charge is 2.21. The zero-order valence-corrected chi connectivity index (χ0v) is 24.1. The molecule has 1 aromatic heterocycles. The Kier molecular flexibility index (Phi) is 9.05. The standard InChI is InChI=1S/C30H28ClFN4O4S/c1-30(2,3)40-29(37)35-28(36-41(38,39)25-7-5-4-6-8-25)34-19-20-17-26(21-9-13-23(31)14-10-21)27(33-18-20)22-11-15-24(32)16-12-22/h4-18H,19H2,1-3H3,(H2,34,35,36,37). The molecule has 212 valence electrons. The minimum Gasteiger partial charge on any atom is -0.444 e. The van der Waals surface area contributed by atoms with E-state index < -0.39 is 21.7 Å². The van der Waals surface area contributed by atoms with E-state index >= 15 is 0 Å². The third-order valence-corrected chi connectivity index (χ3v) is 7.15. The van der Waals surface area contributed by atoms with Gasteiger partial charge in [0.15, 0.2) is 0 Å². The number of halogens is 2. The molecule has 0 saturated heterocycles. The van der Waals surface area contributed by atoms with Gasteiger partial charge in [0.05, 0.1) is 17.1 Å². The zero-order chi connectivity index (χ0) is 29.6. The van der Waals surface area contributed by atoms with Crippen LogP contribution in [0.5, 0.6) is 0 Å². The molecule has 0 radical (unpaired) electrons. The lowest BCUT2D eigenvalue weighted by atomic mass is 9.98. The molecular formula is C30H28ClFN4O4S. The second-order valence-electron chi connectivity index (χ2n) is 9.96. The van der Waals surface area contributed by atoms with Gasteiger partial charge in [-0.25, -0.2) is 27.3 Å². The molecule has 1 heterocycles. The van der Waals surface area contributed by atoms with Crippen LogP contribution in [0.25, 0.3) is 22.4 Å². The molecular weight excluding hydrogens is 567 g/mol. The smallest absolute Gasteiger partial charge is 0.414 e. The molecule has 2 N–H and O–H groups in total. The first-order valence-corrected chi connectivity index (χ1v) is 14.4. The molecule has 4 rings (SSSR count). The van der Waals surface area contributed by atoms with Crippen molar-refractivity contribution in [3.05, 3.63) is 108 Å². The quantitative estimate of drug-likeness (QED) is 0.194. The molecule has 0 saturated carbocycles. The van der Waals surface area contributed by atoms with E-state index in [-0.39, 0.29) is 23.2 Å². The number of hydrogen-bond acceptors (Lipinski definition) is 6. The first kappa shape index (κ1) is 29.7. The molecule has 4 aromatic rings. The van der Waals surface area contributed by atoms with Crippen molar-refractivity contribution in [1.29, 1.82) is 0 Å². The van der Waals surface area contributed by atoms with Gasteiger partial charge in [0.25, 0.3) is 10.0 Å². The third kappa shape index (κ3) is 8.36. The van der Waals surface area contributed by atoms with Crippen LogP contribution in [0, 0.1) is 5.82 Å². The minimum atomic E-state index is -4.06. The molecule has 0 aliphatic rings. The van der Waals surface area contributed by atoms with E-state index in [2.05, 4.69) is 20.0 Å². The lowest BCUT2D eigenvalue weighted by Crippen LogP contribution is -2.45. The summed E-state index contributed by atoms with van der Waals surface area (Å²) >= 11 is 6.09. The maximum atomic E-state index is 13.6. The first-order chi connectivity index (χ1) is 19.4. The van der Waals surface area contributed by atoms with Crippen molar-refractivity contribution in [3.8, 4) is 22.4 Å². The largest absolute Gasteiger partial charge is 0.444 e. The van der Waals surface area contributed by atoms with Crippen molar-refractivity contribution in [2.24, 2.45) is 4.99 Å². The summed E-state index contributed by atoms with van der Waals surface area (Å²) in [5, 5.41) is 2.96. The van der Waals surface area contributed by atoms with Gasteiger partial charge < -0.3 is 4.74 Å². The second-order valence-corrected chi connectivity index (χ2v) is 12.1. The Bertz CT molecular complexity index is 1660. The first-order valence-electron chi connectivity index (χ1n) is 12.5. The number of guanidine groups is 1. The van der Waals surface area contributed by atoms with Crippen LogP contribution in [0.4, 0.5) is 9.18 Å². The molecule has 0 spiro atoms. The molecule has 8 nitrogen and oxygen atoms in total. The molecule has 0 fully saturated rings. The average molecular weight is 595 g/mol. The number of benzene rings is 3. The average Bonchev–Trinajstić information content (AvgIpc) is 2.92. The van der Waals surface area contributed by atoms with Crippen molar-refractivity contribution in [3.63, 3.8) is 0 Å². The molecule has 0 aliphatic heterocycles. The van der Waals surface area contributed by atoms with Gasteiger partial charge in [0.1, 0.15) is 11.4 Å². The number of sulfonamides is 1. The summed E-state index contributed by atoms with van der Waals surface area (Å²) in [4.78, 5) is 21.4. The summed E-state index contributed by atoms with van der Waals surface area (Å²) in [7, 11) is -4.06. The molecule has 0 atom stereocenters. The fourth-order valence-corrected chi connectivity index (χ4v) is 4.86. The molecule has 0 bridgehead atoms. The Morgan fingerprint density at radius 3 is 2.24 bits per heavy atom. The highest BCUT2D eigenvalue weighted by atomic mass is 35.5. The Hall–Kier alpha value is -4.28. The highest BCUT2D eigenvalue weighted by molar-refractivity contribution is 7.90. The normalized spacial score (nSPS) is 12.1. The Balaban J connectivity index is 1.70. The molecule has 1 amide bonds. The number of pyridine rings is 1. The maximum Gasteiger partial charge on any atom is 0.414 e. The van der Waals surface area contributed by atoms with Gasteiger partial charge >= 0.3 is 6.09 Å². The number of nitrogens with one attached hydrogen (secondary N) is 2. The monoisotopic (exact) mass is 594 g/mol. The van der Waals surface area contributed by atoms with Crippen LogP contribution in [-0.4, -0.2) is 31.1 Å². The van der Waals surface area contributed by atoms with E-state index in [1.165, 1.54) is 24.3 Å². The van der Waals surface area contributed by atoms with E-state index in [0.717, 1.165) is 11.1 Å². The van der Waals surface area contributed by atoms with Gasteiger partial charge in [0.2, 0.25) is 5.96 Å². The predicted molar refractivity (Wildman–Crippen MR) is 157 cm³/mol. The number of alkyl carbamates (subject to hydrolysis) is 1. The number of aromatic nitrogens is 1. The summed E-state index contributed by atoms with van der Waals surface area (Å²) < 4.78 is 47.2. The molecule has 3 aromatic carbocycles. The molecule has 41 heavy (non-hydrogen) atoms. The Labute approximate surface area is 243 Å². The van der Waals surface area contributed by atoms with Crippen LogP contribution in [0.1, 0.15) is 26.3 Å². The highest BCUT2D eigenvalue weighted by Crippen LogP contribution is 2.32. The predicted octanol–water partition coefficient (Wildman–Crippen LogP) is 6.57. The number of amides is 1. The Morgan fingerprint density at radius 1 is 0.976 bits per heavy atom. The van der Waals surface area contributed by atoms with Crippen molar-refractivity contribution >= 4 is 33.7 Å². The van der Waals surface area contributed by atoms with E-state index in [9.17, 15) is 17.6 Å². The lowest BCUT2D eigenvalue weighted by Gasteiger charge is -2.20. The van der Waals surface area contributed by atoms with Crippen molar-refractivity contribution in [2.45, 2.75) is 37.8 Å². The fourth-order valence-electron chi connectivity index (χ4n) is 3.74. The molecule has 0 unspecified atom stereocenters. The van der Waals surface area contributed by atoms with Crippen LogP contribution in [0.15, 0.2) is 101 Å². The minimum absolute atomic E-state index is 0.00553. The number of ether oxygens (including phenoxy) is 1. The third-order valence-electron chi connectivity index (χ3n) is 5.54. The van der Waals surface area contributed by atoms with E-state index in [1.807, 2.05) is 18.2 Å². The number of hydrogen-bond donors (Lipinski definition) is 2. The van der Waals surface area contributed by atoms with Crippen molar-refractivity contribution in [2.75, 3.05) is 0 Å². The van der Waals surface area contributed by atoms with Crippen molar-refractivity contribution < 1.29 is 22.3 Å². The lowest BCUT2D eigenvalue weighted by molar-refractivity contribution is 0.0562. The van der Waals surface area contributed by atoms with E-state index in [1.54, 1.807) is 69.4 Å². The fraction of sp³-hybridized carbons (Fsp3) is 0.167. The van der Waals surface area contributed by atoms with Crippen LogP contribution >= 0.6 is 11.6 Å². The van der Waals surface area contributed by atoms with Crippen LogP contribution in [0.2, 0.25) is 5.02 Å². The molecule has 0 aliphatic carbocycles. The number of carbonyl (C=O) groups is 1. The summed E-state index contributed by atoms with van der Waals surface area (Å²) in [6.45, 7) is 5.01.